The molecular weight excluding hydrogens is 269 g/mol. The van der Waals surface area contributed by atoms with Crippen molar-refractivity contribution in [1.82, 2.24) is 5.32 Å². The smallest absolute Gasteiger partial charge is 0.398 e. The van der Waals surface area contributed by atoms with Crippen LogP contribution in [0, 0.1) is 5.92 Å². The Kier molecular flexibility index (Phi) is 5.03. The number of nitrogens with two attached hydrogens (primary N) is 1. The Hall–Kier alpha value is -1.72. The van der Waals surface area contributed by atoms with E-state index in [-0.39, 0.29) is 23.2 Å². The lowest BCUT2D eigenvalue weighted by atomic mass is 10.00. The Morgan fingerprint density at radius 3 is 2.45 bits per heavy atom. The molecule has 0 saturated heterocycles. The van der Waals surface area contributed by atoms with E-state index in [0.717, 1.165) is 24.6 Å². The number of amides is 1. The van der Waals surface area contributed by atoms with Crippen LogP contribution in [-0.2, 0) is 6.18 Å². The summed E-state index contributed by atoms with van der Waals surface area (Å²) >= 11 is 0. The fourth-order valence-corrected chi connectivity index (χ4v) is 1.71. The van der Waals surface area contributed by atoms with Gasteiger partial charge in [-0.1, -0.05) is 20.3 Å². The number of anilines is 1. The number of nitrogens with one attached hydrogen (secondary N) is 1. The third-order valence-electron chi connectivity index (χ3n) is 3.48. The van der Waals surface area contributed by atoms with Crippen molar-refractivity contribution in [1.29, 1.82) is 0 Å². The third kappa shape index (κ3) is 3.88. The first kappa shape index (κ1) is 16.3. The van der Waals surface area contributed by atoms with Gasteiger partial charge in [0.25, 0.3) is 5.91 Å². The van der Waals surface area contributed by atoms with Gasteiger partial charge in [-0.25, -0.2) is 0 Å². The van der Waals surface area contributed by atoms with E-state index in [9.17, 15) is 18.0 Å². The van der Waals surface area contributed by atoms with Crippen molar-refractivity contribution in [2.24, 2.45) is 5.92 Å². The molecule has 3 nitrogen and oxygen atoms in total. The second kappa shape index (κ2) is 6.15. The molecule has 1 aromatic rings. The highest BCUT2D eigenvalue weighted by molar-refractivity contribution is 5.99. The number of carbonyl (C=O) groups is 1. The van der Waals surface area contributed by atoms with Gasteiger partial charge in [0.15, 0.2) is 0 Å². The fourth-order valence-electron chi connectivity index (χ4n) is 1.71. The Balaban J connectivity index is 2.98. The van der Waals surface area contributed by atoms with Gasteiger partial charge < -0.3 is 11.1 Å². The largest absolute Gasteiger partial charge is 0.416 e. The van der Waals surface area contributed by atoms with E-state index < -0.39 is 17.6 Å². The summed E-state index contributed by atoms with van der Waals surface area (Å²) in [4.78, 5) is 12.0. The van der Waals surface area contributed by atoms with Gasteiger partial charge in [-0.3, -0.25) is 4.79 Å². The van der Waals surface area contributed by atoms with E-state index in [4.69, 9.17) is 5.73 Å². The van der Waals surface area contributed by atoms with Gasteiger partial charge >= 0.3 is 6.18 Å². The zero-order chi connectivity index (χ0) is 15.5. The highest BCUT2D eigenvalue weighted by atomic mass is 19.4. The molecule has 0 spiro atoms. The van der Waals surface area contributed by atoms with Gasteiger partial charge in [0.1, 0.15) is 0 Å². The van der Waals surface area contributed by atoms with E-state index in [0.29, 0.717) is 0 Å². The number of alkyl halides is 3. The Morgan fingerprint density at radius 2 is 1.95 bits per heavy atom. The molecule has 0 aliphatic carbocycles. The highest BCUT2D eigenvalue weighted by Gasteiger charge is 2.31. The van der Waals surface area contributed by atoms with Crippen LogP contribution in [0.25, 0.3) is 0 Å². The van der Waals surface area contributed by atoms with Crippen LogP contribution >= 0.6 is 0 Å². The van der Waals surface area contributed by atoms with Crippen LogP contribution in [0.15, 0.2) is 18.2 Å². The van der Waals surface area contributed by atoms with Gasteiger partial charge in [0, 0.05) is 11.7 Å². The maximum absolute atomic E-state index is 12.6. The Labute approximate surface area is 116 Å². The number of hydrogen-bond donors (Lipinski definition) is 2. The summed E-state index contributed by atoms with van der Waals surface area (Å²) in [6.07, 6.45) is -3.63. The van der Waals surface area contributed by atoms with Crippen molar-refractivity contribution in [3.63, 3.8) is 0 Å². The molecule has 112 valence electrons. The van der Waals surface area contributed by atoms with E-state index in [1.807, 2.05) is 20.8 Å². The van der Waals surface area contributed by atoms with Crippen LogP contribution < -0.4 is 11.1 Å². The number of rotatable bonds is 4. The summed E-state index contributed by atoms with van der Waals surface area (Å²) in [6.45, 7) is 5.75. The molecule has 0 fully saturated rings. The van der Waals surface area contributed by atoms with E-state index in [1.165, 1.54) is 0 Å². The predicted octanol–water partition coefficient (Wildman–Crippen LogP) is 3.45. The van der Waals surface area contributed by atoms with E-state index >= 15 is 0 Å². The van der Waals surface area contributed by atoms with Gasteiger partial charge in [-0.15, -0.1) is 0 Å². The minimum absolute atomic E-state index is 0.0341. The summed E-state index contributed by atoms with van der Waals surface area (Å²) in [7, 11) is 0. The first-order valence-electron chi connectivity index (χ1n) is 6.44. The van der Waals surface area contributed by atoms with Gasteiger partial charge in [0.05, 0.1) is 11.1 Å². The Bertz CT molecular complexity index is 486. The number of nitrogen functional groups attached to an aromatic ring is 1. The quantitative estimate of drug-likeness (QED) is 0.834. The monoisotopic (exact) mass is 288 g/mol. The summed E-state index contributed by atoms with van der Waals surface area (Å²) < 4.78 is 37.9. The summed E-state index contributed by atoms with van der Waals surface area (Å²) in [5.74, 6) is -0.354. The van der Waals surface area contributed by atoms with Crippen LogP contribution in [0.1, 0.15) is 43.1 Å². The molecule has 2 atom stereocenters. The number of hydrogen-bond acceptors (Lipinski definition) is 2. The molecule has 1 rings (SSSR count). The molecule has 0 aromatic heterocycles. The summed E-state index contributed by atoms with van der Waals surface area (Å²) in [6, 6.07) is 2.62. The second-order valence-electron chi connectivity index (χ2n) is 4.95. The zero-order valence-electron chi connectivity index (χ0n) is 11.7. The van der Waals surface area contributed by atoms with Crippen LogP contribution in [0.2, 0.25) is 0 Å². The maximum Gasteiger partial charge on any atom is 0.416 e. The molecule has 0 heterocycles. The summed E-state index contributed by atoms with van der Waals surface area (Å²) in [5, 5.41) is 2.68. The van der Waals surface area contributed by atoms with Crippen LogP contribution in [-0.4, -0.2) is 11.9 Å². The highest BCUT2D eigenvalue weighted by Crippen LogP contribution is 2.31. The fraction of sp³-hybridized carbons (Fsp3) is 0.500. The average molecular weight is 288 g/mol. The van der Waals surface area contributed by atoms with Crippen molar-refractivity contribution in [2.45, 2.75) is 39.4 Å². The van der Waals surface area contributed by atoms with Crippen LogP contribution in [0.4, 0.5) is 18.9 Å². The molecule has 0 aliphatic heterocycles. The van der Waals surface area contributed by atoms with Crippen LogP contribution in [0.5, 0.6) is 0 Å². The second-order valence-corrected chi connectivity index (χ2v) is 4.95. The lowest BCUT2D eigenvalue weighted by molar-refractivity contribution is -0.137. The number of benzene rings is 1. The van der Waals surface area contributed by atoms with Crippen LogP contribution in [0.3, 0.4) is 0 Å². The first-order valence-corrected chi connectivity index (χ1v) is 6.44. The van der Waals surface area contributed by atoms with Gasteiger partial charge in [-0.2, -0.15) is 13.2 Å². The molecule has 0 bridgehead atoms. The molecule has 0 radical (unpaired) electrons. The van der Waals surface area contributed by atoms with Crippen molar-refractivity contribution >= 4 is 11.6 Å². The molecule has 1 aromatic carbocycles. The van der Waals surface area contributed by atoms with Crippen molar-refractivity contribution in [3.05, 3.63) is 29.3 Å². The van der Waals surface area contributed by atoms with Gasteiger partial charge in [0.2, 0.25) is 0 Å². The van der Waals surface area contributed by atoms with Crippen molar-refractivity contribution < 1.29 is 18.0 Å². The molecule has 0 aliphatic rings. The predicted molar refractivity (Wildman–Crippen MR) is 72.2 cm³/mol. The molecular formula is C14H19F3N2O. The molecule has 3 N–H and O–H groups in total. The van der Waals surface area contributed by atoms with Gasteiger partial charge in [-0.05, 0) is 31.0 Å². The average Bonchev–Trinajstić information content (AvgIpc) is 2.36. The normalized spacial score (nSPS) is 14.7. The molecule has 6 heteroatoms. The van der Waals surface area contributed by atoms with Crippen molar-refractivity contribution in [2.75, 3.05) is 5.73 Å². The lowest BCUT2D eigenvalue weighted by Gasteiger charge is -2.20. The van der Waals surface area contributed by atoms with Crippen molar-refractivity contribution in [3.8, 4) is 0 Å². The standard InChI is InChI=1S/C14H19F3N2O/c1-4-8(2)9(3)19-13(20)11-7-10(14(15,16)17)5-6-12(11)18/h5-9H,4,18H2,1-3H3,(H,19,20). The number of halogens is 3. The molecule has 20 heavy (non-hydrogen) atoms. The topological polar surface area (TPSA) is 55.1 Å². The summed E-state index contributed by atoms with van der Waals surface area (Å²) in [5.41, 5.74) is 4.60. The molecule has 2 unspecified atom stereocenters. The van der Waals surface area contributed by atoms with E-state index in [1.54, 1.807) is 0 Å². The van der Waals surface area contributed by atoms with E-state index in [2.05, 4.69) is 5.32 Å². The first-order chi connectivity index (χ1) is 9.16. The molecule has 0 saturated carbocycles. The maximum atomic E-state index is 12.6. The number of carbonyl (C=O) groups excluding carboxylic acids is 1. The third-order valence-corrected chi connectivity index (χ3v) is 3.48. The zero-order valence-corrected chi connectivity index (χ0v) is 11.7. The minimum Gasteiger partial charge on any atom is -0.398 e. The molecule has 1 amide bonds. The minimum atomic E-state index is -4.49. The Morgan fingerprint density at radius 1 is 1.35 bits per heavy atom. The lowest BCUT2D eigenvalue weighted by Crippen LogP contribution is -2.37. The SMILES string of the molecule is CCC(C)C(C)NC(=O)c1cc(C(F)(F)F)ccc1N.